The first-order chi connectivity index (χ1) is 8.79. The summed E-state index contributed by atoms with van der Waals surface area (Å²) >= 11 is 0. The Kier molecular flexibility index (Phi) is 4.98. The van der Waals surface area contributed by atoms with Gasteiger partial charge < -0.3 is 25.4 Å². The Morgan fingerprint density at radius 2 is 1.79 bits per heavy atom. The molecule has 1 aliphatic heterocycles. The third-order valence-electron chi connectivity index (χ3n) is 2.87. The fourth-order valence-corrected chi connectivity index (χ4v) is 1.81. The molecular weight excluding hydrogens is 258 g/mol. The second kappa shape index (κ2) is 6.09. The van der Waals surface area contributed by atoms with Crippen molar-refractivity contribution < 1.29 is 34.4 Å². The Balaban J connectivity index is 3.02. The molecule has 1 fully saturated rings. The smallest absolute Gasteiger partial charge is 0.332 e. The van der Waals surface area contributed by atoms with Crippen molar-refractivity contribution in [3.05, 3.63) is 0 Å². The first-order valence-corrected chi connectivity index (χ1v) is 5.84. The van der Waals surface area contributed by atoms with E-state index in [4.69, 9.17) is 4.74 Å². The van der Waals surface area contributed by atoms with Crippen LogP contribution in [-0.4, -0.2) is 63.4 Å². The van der Waals surface area contributed by atoms with Crippen molar-refractivity contribution in [3.63, 3.8) is 0 Å². The van der Waals surface area contributed by atoms with E-state index in [0.717, 1.165) is 6.92 Å². The predicted octanol–water partition coefficient (Wildman–Crippen LogP) is -2.52. The van der Waals surface area contributed by atoms with Crippen LogP contribution >= 0.6 is 0 Å². The first kappa shape index (κ1) is 15.5. The molecule has 5 atom stereocenters. The third kappa shape index (κ3) is 3.28. The molecular formula is C11H17NO7. The van der Waals surface area contributed by atoms with Gasteiger partial charge in [0.1, 0.15) is 18.3 Å². The predicted molar refractivity (Wildman–Crippen MR) is 60.8 cm³/mol. The molecule has 19 heavy (non-hydrogen) atoms. The van der Waals surface area contributed by atoms with Crippen LogP contribution in [0.3, 0.4) is 0 Å². The van der Waals surface area contributed by atoms with Crippen molar-refractivity contribution in [2.24, 2.45) is 0 Å². The van der Waals surface area contributed by atoms with E-state index >= 15 is 0 Å². The van der Waals surface area contributed by atoms with Gasteiger partial charge in [-0.1, -0.05) is 6.92 Å². The zero-order chi connectivity index (χ0) is 14.7. The molecule has 8 heteroatoms. The van der Waals surface area contributed by atoms with Crippen LogP contribution in [-0.2, 0) is 19.1 Å². The molecule has 1 aliphatic rings. The molecule has 8 nitrogen and oxygen atoms in total. The molecule has 0 spiro atoms. The van der Waals surface area contributed by atoms with E-state index in [9.17, 15) is 29.7 Å². The molecule has 4 N–H and O–H groups in total. The van der Waals surface area contributed by atoms with E-state index in [1.165, 1.54) is 6.92 Å². The number of esters is 1. The van der Waals surface area contributed by atoms with Gasteiger partial charge in [0, 0.05) is 13.3 Å². The van der Waals surface area contributed by atoms with Crippen molar-refractivity contribution in [3.8, 4) is 0 Å². The van der Waals surface area contributed by atoms with Crippen molar-refractivity contribution in [2.45, 2.75) is 50.7 Å². The van der Waals surface area contributed by atoms with Crippen LogP contribution in [0.1, 0.15) is 20.3 Å². The first-order valence-electron chi connectivity index (χ1n) is 5.84. The summed E-state index contributed by atoms with van der Waals surface area (Å²) in [4.78, 5) is 34.2. The van der Waals surface area contributed by atoms with E-state index in [0.29, 0.717) is 0 Å². The molecule has 1 saturated heterocycles. The lowest BCUT2D eigenvalue weighted by Crippen LogP contribution is -2.53. The second-order valence-corrected chi connectivity index (χ2v) is 4.33. The molecule has 0 aromatic heterocycles. The average Bonchev–Trinajstić information content (AvgIpc) is 2.43. The van der Waals surface area contributed by atoms with Crippen LogP contribution in [0.5, 0.6) is 0 Å². The number of nitrogens with one attached hydrogen (secondary N) is 1. The molecule has 1 amide bonds. The second-order valence-electron chi connectivity index (χ2n) is 4.33. The Morgan fingerprint density at radius 1 is 1.21 bits per heavy atom. The highest BCUT2D eigenvalue weighted by molar-refractivity contribution is 5.89. The summed E-state index contributed by atoms with van der Waals surface area (Å²) in [5.74, 6) is -2.29. The van der Waals surface area contributed by atoms with Crippen molar-refractivity contribution >= 4 is 17.7 Å². The van der Waals surface area contributed by atoms with Gasteiger partial charge >= 0.3 is 5.97 Å². The molecule has 0 aliphatic carbocycles. The van der Waals surface area contributed by atoms with Gasteiger partial charge in [0.25, 0.3) is 0 Å². The number of rotatable bonds is 3. The van der Waals surface area contributed by atoms with E-state index in [2.05, 4.69) is 5.32 Å². The van der Waals surface area contributed by atoms with E-state index in [1.54, 1.807) is 0 Å². The number of hydrogen-bond acceptors (Lipinski definition) is 7. The fraction of sp³-hybridized carbons (Fsp3) is 0.727. The lowest BCUT2D eigenvalue weighted by atomic mass is 9.97. The SMILES string of the molecule is CCC(=O)C1OC(=O)[C@H](NC(C)=O)[C@@H](O)[C@H](O)[C@@H]1O. The summed E-state index contributed by atoms with van der Waals surface area (Å²) in [6.07, 6.45) is -6.86. The van der Waals surface area contributed by atoms with E-state index in [-0.39, 0.29) is 6.42 Å². The summed E-state index contributed by atoms with van der Waals surface area (Å²) in [5.41, 5.74) is 0. The van der Waals surface area contributed by atoms with Gasteiger partial charge in [-0.15, -0.1) is 0 Å². The van der Waals surface area contributed by atoms with Crippen molar-refractivity contribution in [1.82, 2.24) is 5.32 Å². The average molecular weight is 275 g/mol. The maximum atomic E-state index is 11.7. The van der Waals surface area contributed by atoms with Gasteiger partial charge in [0.2, 0.25) is 5.91 Å². The monoisotopic (exact) mass is 275 g/mol. The van der Waals surface area contributed by atoms with Crippen LogP contribution in [0.2, 0.25) is 0 Å². The van der Waals surface area contributed by atoms with E-state index in [1.807, 2.05) is 0 Å². The zero-order valence-corrected chi connectivity index (χ0v) is 10.6. The van der Waals surface area contributed by atoms with Gasteiger partial charge in [0.05, 0.1) is 0 Å². The lowest BCUT2D eigenvalue weighted by Gasteiger charge is -2.24. The number of ketones is 1. The highest BCUT2D eigenvalue weighted by atomic mass is 16.6. The van der Waals surface area contributed by atoms with Gasteiger partial charge in [-0.3, -0.25) is 9.59 Å². The Bertz CT molecular complexity index is 383. The number of amides is 1. The number of cyclic esters (lactones) is 1. The topological polar surface area (TPSA) is 133 Å². The molecule has 0 aromatic rings. The number of carbonyl (C=O) groups excluding carboxylic acids is 3. The molecule has 108 valence electrons. The Morgan fingerprint density at radius 3 is 2.26 bits per heavy atom. The minimum Gasteiger partial charge on any atom is -0.450 e. The molecule has 0 aromatic carbocycles. The number of aliphatic hydroxyl groups is 3. The zero-order valence-electron chi connectivity index (χ0n) is 10.6. The molecule has 0 saturated carbocycles. The molecule has 1 unspecified atom stereocenters. The van der Waals surface area contributed by atoms with Crippen LogP contribution in [0.15, 0.2) is 0 Å². The largest absolute Gasteiger partial charge is 0.450 e. The van der Waals surface area contributed by atoms with Crippen LogP contribution in [0, 0.1) is 0 Å². The summed E-state index contributed by atoms with van der Waals surface area (Å²) in [6, 6.07) is -1.53. The summed E-state index contributed by atoms with van der Waals surface area (Å²) < 4.78 is 4.76. The van der Waals surface area contributed by atoms with Crippen molar-refractivity contribution in [1.29, 1.82) is 0 Å². The van der Waals surface area contributed by atoms with Gasteiger partial charge in [-0.2, -0.15) is 0 Å². The summed E-state index contributed by atoms with van der Waals surface area (Å²) in [7, 11) is 0. The van der Waals surface area contributed by atoms with Crippen LogP contribution < -0.4 is 5.32 Å². The number of Topliss-reactive ketones (excluding diaryl/α,β-unsaturated/α-hetero) is 1. The maximum absolute atomic E-state index is 11.7. The number of aliphatic hydroxyl groups excluding tert-OH is 3. The molecule has 0 bridgehead atoms. The van der Waals surface area contributed by atoms with Crippen LogP contribution in [0.4, 0.5) is 0 Å². The Labute approximate surface area is 109 Å². The fourth-order valence-electron chi connectivity index (χ4n) is 1.81. The van der Waals surface area contributed by atoms with E-state index < -0.39 is 48.1 Å². The molecule has 1 rings (SSSR count). The quantitative estimate of drug-likeness (QED) is 0.418. The van der Waals surface area contributed by atoms with Gasteiger partial charge in [-0.25, -0.2) is 4.79 Å². The molecule has 1 heterocycles. The normalized spacial score (nSPS) is 35.2. The van der Waals surface area contributed by atoms with Crippen LogP contribution in [0.25, 0.3) is 0 Å². The van der Waals surface area contributed by atoms with Crippen molar-refractivity contribution in [2.75, 3.05) is 0 Å². The Hall–Kier alpha value is -1.51. The lowest BCUT2D eigenvalue weighted by molar-refractivity contribution is -0.163. The number of hydrogen-bond donors (Lipinski definition) is 4. The minimum absolute atomic E-state index is 0.0113. The molecule has 0 radical (unpaired) electrons. The maximum Gasteiger partial charge on any atom is 0.332 e. The van der Waals surface area contributed by atoms with Gasteiger partial charge in [0.15, 0.2) is 17.9 Å². The minimum atomic E-state index is -1.79. The standard InChI is InChI=1S/C11H17NO7/c1-3-5(14)10-9(17)8(16)7(15)6(11(18)19-10)12-4(2)13/h6-10,15-17H,3H2,1-2H3,(H,12,13)/t6-,7-,8+,9+,10?/m1/s1. The van der Waals surface area contributed by atoms with Gasteiger partial charge in [-0.05, 0) is 0 Å². The number of carbonyl (C=O) groups is 3. The highest BCUT2D eigenvalue weighted by Gasteiger charge is 2.47. The summed E-state index contributed by atoms with van der Waals surface area (Å²) in [5, 5.41) is 31.3. The number of ether oxygens (including phenoxy) is 1. The summed E-state index contributed by atoms with van der Waals surface area (Å²) in [6.45, 7) is 2.62. The highest BCUT2D eigenvalue weighted by Crippen LogP contribution is 2.19. The third-order valence-corrected chi connectivity index (χ3v) is 2.87.